The maximum atomic E-state index is 10.7. The van der Waals surface area contributed by atoms with Crippen molar-refractivity contribution in [2.75, 3.05) is 6.61 Å². The quantitative estimate of drug-likeness (QED) is 0.613. The van der Waals surface area contributed by atoms with Crippen LogP contribution in [0.25, 0.3) is 0 Å². The molecule has 21 heavy (non-hydrogen) atoms. The second kappa shape index (κ2) is 9.50. The average molecular weight is 296 g/mol. The monoisotopic (exact) mass is 296 g/mol. The van der Waals surface area contributed by atoms with Crippen LogP contribution in [0.3, 0.4) is 0 Å². The van der Waals surface area contributed by atoms with Gasteiger partial charge in [-0.2, -0.15) is 0 Å². The van der Waals surface area contributed by atoms with Gasteiger partial charge in [0.1, 0.15) is 0 Å². The van der Waals surface area contributed by atoms with E-state index >= 15 is 0 Å². The Bertz CT molecular complexity index is 406. The molecule has 0 heterocycles. The summed E-state index contributed by atoms with van der Waals surface area (Å²) in [7, 11) is 0. The molecule has 0 amide bonds. The van der Waals surface area contributed by atoms with Crippen molar-refractivity contribution in [2.45, 2.75) is 45.0 Å². The van der Waals surface area contributed by atoms with Crippen LogP contribution in [-0.2, 0) is 16.1 Å². The van der Waals surface area contributed by atoms with Crippen LogP contribution < -0.4 is 0 Å². The fourth-order valence-corrected chi connectivity index (χ4v) is 1.97. The van der Waals surface area contributed by atoms with Crippen LogP contribution in [0, 0.1) is 5.92 Å². The zero-order chi connectivity index (χ0) is 15.7. The van der Waals surface area contributed by atoms with E-state index in [-0.39, 0.29) is 6.61 Å². The first-order valence-corrected chi connectivity index (χ1v) is 7.20. The number of benzene rings is 1. The topological polar surface area (TPSA) is 87.0 Å². The number of hydrogen-bond acceptors (Lipinski definition) is 4. The molecule has 0 saturated heterocycles. The van der Waals surface area contributed by atoms with Gasteiger partial charge in [0.05, 0.1) is 31.3 Å². The molecule has 0 aliphatic heterocycles. The van der Waals surface area contributed by atoms with Gasteiger partial charge >= 0.3 is 5.97 Å². The number of rotatable bonds is 10. The summed E-state index contributed by atoms with van der Waals surface area (Å²) in [5.74, 6) is -1.33. The highest BCUT2D eigenvalue weighted by molar-refractivity contribution is 5.69. The maximum Gasteiger partial charge on any atom is 0.306 e. The molecule has 1 aromatic carbocycles. The Balaban J connectivity index is 2.30. The van der Waals surface area contributed by atoms with Crippen molar-refractivity contribution in [3.8, 4) is 0 Å². The number of ether oxygens (including phenoxy) is 1. The molecular formula is C16H24O5. The summed E-state index contributed by atoms with van der Waals surface area (Å²) in [4.78, 5) is 10.7. The fourth-order valence-electron chi connectivity index (χ4n) is 1.97. The van der Waals surface area contributed by atoms with Crippen LogP contribution in [0.15, 0.2) is 30.3 Å². The first-order valence-electron chi connectivity index (χ1n) is 7.20. The average Bonchev–Trinajstić information content (AvgIpc) is 2.49. The number of aliphatic hydroxyl groups is 2. The Morgan fingerprint density at radius 1 is 1.24 bits per heavy atom. The predicted molar refractivity (Wildman–Crippen MR) is 78.8 cm³/mol. The number of aliphatic hydroxyl groups excluding tert-OH is 2. The Kier molecular flexibility index (Phi) is 7.97. The summed E-state index contributed by atoms with van der Waals surface area (Å²) in [6, 6.07) is 9.60. The van der Waals surface area contributed by atoms with Crippen molar-refractivity contribution in [3.63, 3.8) is 0 Å². The van der Waals surface area contributed by atoms with Gasteiger partial charge in [-0.15, -0.1) is 0 Å². The van der Waals surface area contributed by atoms with Crippen molar-refractivity contribution < 1.29 is 24.9 Å². The molecule has 0 unspecified atom stereocenters. The highest BCUT2D eigenvalue weighted by Crippen LogP contribution is 2.14. The Morgan fingerprint density at radius 3 is 2.48 bits per heavy atom. The zero-order valence-corrected chi connectivity index (χ0v) is 12.3. The molecular weight excluding hydrogens is 272 g/mol. The van der Waals surface area contributed by atoms with E-state index in [2.05, 4.69) is 0 Å². The largest absolute Gasteiger partial charge is 0.481 e. The third-order valence-corrected chi connectivity index (χ3v) is 3.42. The molecule has 0 radical (unpaired) electrons. The summed E-state index contributed by atoms with van der Waals surface area (Å²) in [6.07, 6.45) is -0.0122. The van der Waals surface area contributed by atoms with Crippen LogP contribution in [0.1, 0.15) is 31.7 Å². The van der Waals surface area contributed by atoms with E-state index in [1.165, 1.54) is 0 Å². The first kappa shape index (κ1) is 17.6. The zero-order valence-electron chi connectivity index (χ0n) is 12.3. The molecule has 0 fully saturated rings. The molecule has 3 N–H and O–H groups in total. The number of carboxylic acids is 1. The highest BCUT2D eigenvalue weighted by Gasteiger charge is 2.17. The van der Waals surface area contributed by atoms with E-state index in [1.54, 1.807) is 6.92 Å². The minimum absolute atomic E-state index is 0.168. The van der Waals surface area contributed by atoms with Crippen molar-refractivity contribution in [1.82, 2.24) is 0 Å². The Morgan fingerprint density at radius 2 is 1.90 bits per heavy atom. The van der Waals surface area contributed by atoms with E-state index < -0.39 is 24.1 Å². The lowest BCUT2D eigenvalue weighted by atomic mass is 10.00. The lowest BCUT2D eigenvalue weighted by Crippen LogP contribution is -2.25. The summed E-state index contributed by atoms with van der Waals surface area (Å²) < 4.78 is 5.58. The van der Waals surface area contributed by atoms with Crippen LogP contribution >= 0.6 is 0 Å². The predicted octanol–water partition coefficient (Wildman–Crippen LogP) is 1.82. The third-order valence-electron chi connectivity index (χ3n) is 3.42. The van der Waals surface area contributed by atoms with Crippen molar-refractivity contribution in [2.24, 2.45) is 5.92 Å². The molecule has 118 valence electrons. The van der Waals surface area contributed by atoms with Gasteiger partial charge in [-0.1, -0.05) is 37.3 Å². The third kappa shape index (κ3) is 7.22. The molecule has 1 rings (SSSR count). The van der Waals surface area contributed by atoms with E-state index in [4.69, 9.17) is 9.84 Å². The van der Waals surface area contributed by atoms with E-state index in [0.29, 0.717) is 25.9 Å². The molecule has 3 atom stereocenters. The summed E-state index contributed by atoms with van der Waals surface area (Å²) in [5.41, 5.74) is 1.00. The van der Waals surface area contributed by atoms with E-state index in [1.807, 2.05) is 30.3 Å². The van der Waals surface area contributed by atoms with Crippen LogP contribution in [0.5, 0.6) is 0 Å². The van der Waals surface area contributed by atoms with Crippen LogP contribution in [-0.4, -0.2) is 40.1 Å². The van der Waals surface area contributed by atoms with Gasteiger partial charge in [0.25, 0.3) is 0 Å². The van der Waals surface area contributed by atoms with Crippen molar-refractivity contribution in [3.05, 3.63) is 35.9 Å². The molecule has 0 bridgehead atoms. The lowest BCUT2D eigenvalue weighted by molar-refractivity contribution is -0.141. The van der Waals surface area contributed by atoms with Crippen LogP contribution in [0.2, 0.25) is 0 Å². The fraction of sp³-hybridized carbons (Fsp3) is 0.562. The summed E-state index contributed by atoms with van der Waals surface area (Å²) >= 11 is 0. The standard InChI is InChI=1S/C16H24O5/c1-12(16(19)20)7-8-14(18)9-15(10-17)21-11-13-5-3-2-4-6-13/h2-6,12,14-15,17-18H,7-11H2,1H3,(H,19,20)/t12-,14-,15+/m0/s1. The Labute approximate surface area is 125 Å². The van der Waals surface area contributed by atoms with Gasteiger partial charge in [0.2, 0.25) is 0 Å². The SMILES string of the molecule is C[C@@H](CC[C@H](O)C[C@H](CO)OCc1ccccc1)C(=O)O. The second-order valence-electron chi connectivity index (χ2n) is 5.31. The van der Waals surface area contributed by atoms with Gasteiger partial charge in [0, 0.05) is 6.42 Å². The van der Waals surface area contributed by atoms with Crippen molar-refractivity contribution in [1.29, 1.82) is 0 Å². The molecule has 1 aromatic rings. The number of carboxylic acid groups (broad SMARTS) is 1. The number of aliphatic carboxylic acids is 1. The van der Waals surface area contributed by atoms with Crippen LogP contribution in [0.4, 0.5) is 0 Å². The first-order chi connectivity index (χ1) is 10.0. The molecule has 0 aliphatic rings. The van der Waals surface area contributed by atoms with Crippen molar-refractivity contribution >= 4 is 5.97 Å². The van der Waals surface area contributed by atoms with Gasteiger partial charge in [0.15, 0.2) is 0 Å². The van der Waals surface area contributed by atoms with Gasteiger partial charge < -0.3 is 20.1 Å². The summed E-state index contributed by atoms with van der Waals surface area (Å²) in [5, 5.41) is 28.0. The van der Waals surface area contributed by atoms with E-state index in [0.717, 1.165) is 5.56 Å². The molecule has 0 spiro atoms. The van der Waals surface area contributed by atoms with Gasteiger partial charge in [-0.3, -0.25) is 4.79 Å². The highest BCUT2D eigenvalue weighted by atomic mass is 16.5. The minimum Gasteiger partial charge on any atom is -0.481 e. The molecule has 0 aliphatic carbocycles. The number of hydrogen-bond donors (Lipinski definition) is 3. The molecule has 5 nitrogen and oxygen atoms in total. The van der Waals surface area contributed by atoms with Gasteiger partial charge in [-0.25, -0.2) is 0 Å². The lowest BCUT2D eigenvalue weighted by Gasteiger charge is -2.19. The maximum absolute atomic E-state index is 10.7. The second-order valence-corrected chi connectivity index (χ2v) is 5.31. The van der Waals surface area contributed by atoms with E-state index in [9.17, 15) is 15.0 Å². The smallest absolute Gasteiger partial charge is 0.306 e. The normalized spacial score (nSPS) is 15.4. The Hall–Kier alpha value is -1.43. The molecule has 0 aromatic heterocycles. The molecule has 0 saturated carbocycles. The number of carbonyl (C=O) groups is 1. The minimum atomic E-state index is -0.860. The van der Waals surface area contributed by atoms with Gasteiger partial charge in [-0.05, 0) is 18.4 Å². The summed E-state index contributed by atoms with van der Waals surface area (Å²) in [6.45, 7) is 1.83. The molecule has 5 heteroatoms.